The number of fused-ring (bicyclic) bond motifs is 1. The Morgan fingerprint density at radius 1 is 1.26 bits per heavy atom. The zero-order valence-corrected chi connectivity index (χ0v) is 12.1. The zero-order chi connectivity index (χ0) is 13.6. The molecule has 0 aliphatic heterocycles. The van der Waals surface area contributed by atoms with Crippen LogP contribution in [0.2, 0.25) is 0 Å². The maximum absolute atomic E-state index is 11.7. The van der Waals surface area contributed by atoms with Crippen molar-refractivity contribution in [3.8, 4) is 0 Å². The first kappa shape index (κ1) is 12.7. The molecule has 1 N–H and O–H groups in total. The Labute approximate surface area is 117 Å². The second-order valence-corrected chi connectivity index (χ2v) is 6.84. The van der Waals surface area contributed by atoms with Crippen molar-refractivity contribution in [2.75, 3.05) is 0 Å². The van der Waals surface area contributed by atoms with Gasteiger partial charge >= 0.3 is 5.97 Å². The molecule has 1 aromatic carbocycles. The first-order valence-electron chi connectivity index (χ1n) is 6.78. The molecule has 0 spiro atoms. The summed E-state index contributed by atoms with van der Waals surface area (Å²) in [7, 11) is 0. The van der Waals surface area contributed by atoms with Gasteiger partial charge in [0.2, 0.25) is 0 Å². The van der Waals surface area contributed by atoms with Crippen molar-refractivity contribution >= 4 is 27.4 Å². The monoisotopic (exact) mass is 274 g/mol. The van der Waals surface area contributed by atoms with Gasteiger partial charge in [-0.2, -0.15) is 0 Å². The highest BCUT2D eigenvalue weighted by Crippen LogP contribution is 2.43. The molecule has 1 saturated carbocycles. The van der Waals surface area contributed by atoms with Crippen LogP contribution in [-0.2, 0) is 10.2 Å². The number of hydrogen-bond donors (Lipinski definition) is 1. The van der Waals surface area contributed by atoms with Gasteiger partial charge in [-0.15, -0.1) is 11.3 Å². The standard InChI is InChI=1S/C16H18O2S/c1-10-11(2)19-14-9-12(5-6-13(10)14)16(15(17)18)7-3-4-8-16/h5-6,9H,3-4,7-8H2,1-2H3,(H,17,18). The molecule has 0 amide bonds. The molecule has 3 rings (SSSR count). The number of rotatable bonds is 2. The summed E-state index contributed by atoms with van der Waals surface area (Å²) in [6.07, 6.45) is 3.59. The predicted molar refractivity (Wildman–Crippen MR) is 79.1 cm³/mol. The van der Waals surface area contributed by atoms with Gasteiger partial charge in [0.1, 0.15) is 0 Å². The van der Waals surface area contributed by atoms with Crippen LogP contribution in [0.3, 0.4) is 0 Å². The van der Waals surface area contributed by atoms with Gasteiger partial charge in [-0.3, -0.25) is 4.79 Å². The van der Waals surface area contributed by atoms with Crippen LogP contribution in [0.4, 0.5) is 0 Å². The maximum atomic E-state index is 11.7. The van der Waals surface area contributed by atoms with Crippen LogP contribution in [0.15, 0.2) is 18.2 Å². The zero-order valence-electron chi connectivity index (χ0n) is 11.3. The molecule has 100 valence electrons. The lowest BCUT2D eigenvalue weighted by molar-refractivity contribution is -0.143. The van der Waals surface area contributed by atoms with Crippen molar-refractivity contribution in [3.63, 3.8) is 0 Å². The second kappa shape index (κ2) is 4.34. The minimum absolute atomic E-state index is 0.639. The number of carboxylic acids is 1. The van der Waals surface area contributed by atoms with Crippen LogP contribution in [0.5, 0.6) is 0 Å². The summed E-state index contributed by atoms with van der Waals surface area (Å²) in [5, 5.41) is 10.9. The van der Waals surface area contributed by atoms with E-state index >= 15 is 0 Å². The third-order valence-electron chi connectivity index (χ3n) is 4.60. The molecule has 0 radical (unpaired) electrons. The fourth-order valence-corrected chi connectivity index (χ4v) is 4.36. The third kappa shape index (κ3) is 1.79. The Kier molecular flexibility index (Phi) is 2.90. The molecule has 2 nitrogen and oxygen atoms in total. The van der Waals surface area contributed by atoms with E-state index < -0.39 is 11.4 Å². The van der Waals surface area contributed by atoms with Gasteiger partial charge in [0.25, 0.3) is 0 Å². The van der Waals surface area contributed by atoms with E-state index in [4.69, 9.17) is 0 Å². The van der Waals surface area contributed by atoms with E-state index in [0.717, 1.165) is 31.2 Å². The minimum Gasteiger partial charge on any atom is -0.481 e. The van der Waals surface area contributed by atoms with Gasteiger partial charge in [0, 0.05) is 9.58 Å². The number of benzene rings is 1. The van der Waals surface area contributed by atoms with E-state index in [2.05, 4.69) is 26.0 Å². The van der Waals surface area contributed by atoms with Gasteiger partial charge in [0.05, 0.1) is 5.41 Å². The molecule has 2 aromatic rings. The SMILES string of the molecule is Cc1sc2cc(C3(C(=O)O)CCCC3)ccc2c1C. The molecule has 0 saturated heterocycles. The molecule has 0 unspecified atom stereocenters. The average molecular weight is 274 g/mol. The maximum Gasteiger partial charge on any atom is 0.314 e. The van der Waals surface area contributed by atoms with Crippen LogP contribution in [0, 0.1) is 13.8 Å². The molecule has 3 heteroatoms. The third-order valence-corrected chi connectivity index (χ3v) is 5.77. The lowest BCUT2D eigenvalue weighted by atomic mass is 9.79. The number of hydrogen-bond acceptors (Lipinski definition) is 2. The Morgan fingerprint density at radius 3 is 2.58 bits per heavy atom. The summed E-state index contributed by atoms with van der Waals surface area (Å²) >= 11 is 1.77. The summed E-state index contributed by atoms with van der Waals surface area (Å²) < 4.78 is 1.22. The number of aryl methyl sites for hydroxylation is 2. The summed E-state index contributed by atoms with van der Waals surface area (Å²) in [6, 6.07) is 6.24. The van der Waals surface area contributed by atoms with E-state index in [1.165, 1.54) is 20.5 Å². The molecule has 1 aliphatic carbocycles. The summed E-state index contributed by atoms with van der Waals surface area (Å²) in [5.74, 6) is -0.658. The molecule has 1 aromatic heterocycles. The van der Waals surface area contributed by atoms with Gasteiger partial charge in [-0.25, -0.2) is 0 Å². The van der Waals surface area contributed by atoms with Crippen LogP contribution in [-0.4, -0.2) is 11.1 Å². The summed E-state index contributed by atoms with van der Waals surface area (Å²) in [6.45, 7) is 4.26. The van der Waals surface area contributed by atoms with Crippen LogP contribution >= 0.6 is 11.3 Å². The van der Waals surface area contributed by atoms with E-state index in [0.29, 0.717) is 0 Å². The lowest BCUT2D eigenvalue weighted by Crippen LogP contribution is -2.32. The van der Waals surface area contributed by atoms with Gasteiger partial charge in [-0.05, 0) is 49.3 Å². The second-order valence-electron chi connectivity index (χ2n) is 5.59. The van der Waals surface area contributed by atoms with Gasteiger partial charge in [0.15, 0.2) is 0 Å². The average Bonchev–Trinajstić information content (AvgIpc) is 2.97. The fourth-order valence-electron chi connectivity index (χ4n) is 3.25. The first-order valence-corrected chi connectivity index (χ1v) is 7.60. The van der Waals surface area contributed by atoms with E-state index in [-0.39, 0.29) is 0 Å². The molecule has 19 heavy (non-hydrogen) atoms. The minimum atomic E-state index is -0.658. The number of carbonyl (C=O) groups is 1. The highest BCUT2D eigenvalue weighted by atomic mass is 32.1. The quantitative estimate of drug-likeness (QED) is 0.880. The Morgan fingerprint density at radius 2 is 1.95 bits per heavy atom. The van der Waals surface area contributed by atoms with Crippen molar-refractivity contribution in [1.29, 1.82) is 0 Å². The smallest absolute Gasteiger partial charge is 0.314 e. The Balaban J connectivity index is 2.17. The van der Waals surface area contributed by atoms with E-state index in [9.17, 15) is 9.90 Å². The molecule has 1 heterocycles. The first-order chi connectivity index (χ1) is 9.04. The van der Waals surface area contributed by atoms with Crippen LogP contribution in [0.1, 0.15) is 41.7 Å². The highest BCUT2D eigenvalue weighted by Gasteiger charge is 2.42. The van der Waals surface area contributed by atoms with Crippen molar-refractivity contribution in [2.45, 2.75) is 44.9 Å². The van der Waals surface area contributed by atoms with E-state index in [1.54, 1.807) is 11.3 Å². The lowest BCUT2D eigenvalue weighted by Gasteiger charge is -2.24. The molecular formula is C16H18O2S. The number of thiophene rings is 1. The van der Waals surface area contributed by atoms with Crippen LogP contribution < -0.4 is 0 Å². The van der Waals surface area contributed by atoms with Crippen molar-refractivity contribution < 1.29 is 9.90 Å². The molecule has 1 aliphatic rings. The van der Waals surface area contributed by atoms with E-state index in [1.807, 2.05) is 6.07 Å². The molecule has 0 bridgehead atoms. The highest BCUT2D eigenvalue weighted by molar-refractivity contribution is 7.19. The molecule has 1 fully saturated rings. The predicted octanol–water partition coefficient (Wildman–Crippen LogP) is 4.41. The molecule has 0 atom stereocenters. The normalized spacial score (nSPS) is 18.0. The van der Waals surface area contributed by atoms with Crippen molar-refractivity contribution in [3.05, 3.63) is 34.2 Å². The van der Waals surface area contributed by atoms with Crippen molar-refractivity contribution in [2.24, 2.45) is 0 Å². The number of aliphatic carboxylic acids is 1. The largest absolute Gasteiger partial charge is 0.481 e. The van der Waals surface area contributed by atoms with Crippen molar-refractivity contribution in [1.82, 2.24) is 0 Å². The van der Waals surface area contributed by atoms with Gasteiger partial charge in [-0.1, -0.05) is 25.0 Å². The topological polar surface area (TPSA) is 37.3 Å². The molecular weight excluding hydrogens is 256 g/mol. The fraction of sp³-hybridized carbons (Fsp3) is 0.438. The summed E-state index contributed by atoms with van der Waals surface area (Å²) in [5.41, 5.74) is 1.67. The number of carboxylic acid groups (broad SMARTS) is 1. The Hall–Kier alpha value is -1.35. The van der Waals surface area contributed by atoms with Gasteiger partial charge < -0.3 is 5.11 Å². The Bertz CT molecular complexity index is 648. The summed E-state index contributed by atoms with van der Waals surface area (Å²) in [4.78, 5) is 13.1. The van der Waals surface area contributed by atoms with Crippen LogP contribution in [0.25, 0.3) is 10.1 Å².